The highest BCUT2D eigenvalue weighted by molar-refractivity contribution is 6.08. The van der Waals surface area contributed by atoms with Crippen molar-refractivity contribution in [2.45, 2.75) is 13.0 Å². The van der Waals surface area contributed by atoms with Gasteiger partial charge in [0.2, 0.25) is 0 Å². The van der Waals surface area contributed by atoms with Crippen LogP contribution < -0.4 is 5.32 Å². The molecule has 0 atom stereocenters. The number of nitrogens with one attached hydrogen (secondary N) is 1. The zero-order chi connectivity index (χ0) is 27.6. The Morgan fingerprint density at radius 3 is 2.33 bits per heavy atom. The number of carbonyl (C=O) groups is 2. The largest absolute Gasteiger partial charge is 0.478 e. The van der Waals surface area contributed by atoms with Gasteiger partial charge in [0.1, 0.15) is 5.82 Å². The minimum atomic E-state index is -1.02. The molecule has 0 radical (unpaired) electrons. The van der Waals surface area contributed by atoms with E-state index >= 15 is 0 Å². The second-order valence-electron chi connectivity index (χ2n) is 9.55. The van der Waals surface area contributed by atoms with Crippen LogP contribution in [-0.4, -0.2) is 22.1 Å². The summed E-state index contributed by atoms with van der Waals surface area (Å²) in [6.07, 6.45) is 0.438. The fourth-order valence-electron chi connectivity index (χ4n) is 4.87. The van der Waals surface area contributed by atoms with Crippen molar-refractivity contribution >= 4 is 33.6 Å². The molecule has 1 heterocycles. The maximum absolute atomic E-state index is 14.7. The van der Waals surface area contributed by atoms with Crippen LogP contribution in [0.1, 0.15) is 37.5 Å². The number of hydrogen-bond donors (Lipinski definition) is 2. The van der Waals surface area contributed by atoms with Crippen LogP contribution in [-0.2, 0) is 13.0 Å². The summed E-state index contributed by atoms with van der Waals surface area (Å²) in [5.74, 6) is -1.81. The Balaban J connectivity index is 1.38. The van der Waals surface area contributed by atoms with Crippen LogP contribution in [0.3, 0.4) is 0 Å². The predicted octanol–water partition coefficient (Wildman–Crippen LogP) is 7.01. The van der Waals surface area contributed by atoms with Gasteiger partial charge < -0.3 is 14.9 Å². The van der Waals surface area contributed by atoms with Gasteiger partial charge >= 0.3 is 5.97 Å². The van der Waals surface area contributed by atoms with E-state index in [1.807, 2.05) is 36.4 Å². The van der Waals surface area contributed by atoms with Crippen LogP contribution in [0.25, 0.3) is 32.9 Å². The van der Waals surface area contributed by atoms with Crippen molar-refractivity contribution in [2.24, 2.45) is 0 Å². The summed E-state index contributed by atoms with van der Waals surface area (Å²) in [4.78, 5) is 24.7. The van der Waals surface area contributed by atoms with E-state index in [4.69, 9.17) is 9.63 Å². The number of aromatic nitrogens is 1. The first-order valence-corrected chi connectivity index (χ1v) is 12.7. The van der Waals surface area contributed by atoms with Crippen LogP contribution in [0.15, 0.2) is 108 Å². The standard InChI is InChI=1S/C33H23FN2O4/c34-28-8-4-3-7-26(28)25-17-27(32(37)35-19-20-9-13-23(14-10-20)33(38)39)31-29(36-40-30(31)18-25)16-21-11-12-22-5-1-2-6-24(22)15-21/h1-15,17-18H,16,19H2,(H,35,37)(H,38,39). The van der Waals surface area contributed by atoms with Crippen molar-refractivity contribution in [1.82, 2.24) is 10.5 Å². The highest BCUT2D eigenvalue weighted by Crippen LogP contribution is 2.32. The second-order valence-corrected chi connectivity index (χ2v) is 9.55. The molecule has 0 unspecified atom stereocenters. The van der Waals surface area contributed by atoms with Crippen molar-refractivity contribution in [3.8, 4) is 11.1 Å². The first-order valence-electron chi connectivity index (χ1n) is 12.7. The summed E-state index contributed by atoms with van der Waals surface area (Å²) in [5, 5.41) is 19.1. The summed E-state index contributed by atoms with van der Waals surface area (Å²) >= 11 is 0. The van der Waals surface area contributed by atoms with Gasteiger partial charge in [0.15, 0.2) is 5.58 Å². The van der Waals surface area contributed by atoms with E-state index in [2.05, 4.69) is 16.5 Å². The fraction of sp³-hybridized carbons (Fsp3) is 0.0606. The smallest absolute Gasteiger partial charge is 0.335 e. The van der Waals surface area contributed by atoms with E-state index in [0.29, 0.717) is 39.8 Å². The lowest BCUT2D eigenvalue weighted by Crippen LogP contribution is -2.23. The quantitative estimate of drug-likeness (QED) is 0.232. The Morgan fingerprint density at radius 1 is 0.825 bits per heavy atom. The number of halogens is 1. The van der Waals surface area contributed by atoms with Crippen molar-refractivity contribution < 1.29 is 23.6 Å². The van der Waals surface area contributed by atoms with Gasteiger partial charge in [-0.05, 0) is 57.8 Å². The molecule has 2 N–H and O–H groups in total. The molecule has 5 aromatic carbocycles. The maximum Gasteiger partial charge on any atom is 0.335 e. The monoisotopic (exact) mass is 530 g/mol. The average Bonchev–Trinajstić information content (AvgIpc) is 3.38. The molecule has 6 nitrogen and oxygen atoms in total. The van der Waals surface area contributed by atoms with Crippen LogP contribution in [0.4, 0.5) is 4.39 Å². The average molecular weight is 531 g/mol. The summed E-state index contributed by atoms with van der Waals surface area (Å²) < 4.78 is 20.4. The number of fused-ring (bicyclic) bond motifs is 2. The molecule has 6 aromatic rings. The van der Waals surface area contributed by atoms with Crippen molar-refractivity contribution in [2.75, 3.05) is 0 Å². The molecule has 196 valence electrons. The number of hydrogen-bond acceptors (Lipinski definition) is 4. The third-order valence-electron chi connectivity index (χ3n) is 6.91. The predicted molar refractivity (Wildman–Crippen MR) is 151 cm³/mol. The first-order chi connectivity index (χ1) is 19.5. The van der Waals surface area contributed by atoms with Crippen molar-refractivity contribution in [3.05, 3.63) is 137 Å². The van der Waals surface area contributed by atoms with Gasteiger partial charge in [-0.15, -0.1) is 0 Å². The molecule has 1 amide bonds. The molecule has 0 bridgehead atoms. The third kappa shape index (κ3) is 4.92. The Kier molecular flexibility index (Phi) is 6.54. The molecule has 7 heteroatoms. The number of amides is 1. The Morgan fingerprint density at radius 2 is 1.55 bits per heavy atom. The van der Waals surface area contributed by atoms with E-state index < -0.39 is 11.8 Å². The van der Waals surface area contributed by atoms with Crippen LogP contribution in [0.5, 0.6) is 0 Å². The van der Waals surface area contributed by atoms with Gasteiger partial charge in [-0.1, -0.05) is 78.0 Å². The Bertz CT molecular complexity index is 1890. The van der Waals surface area contributed by atoms with Crippen LogP contribution in [0, 0.1) is 5.82 Å². The molecular weight excluding hydrogens is 507 g/mol. The van der Waals surface area contributed by atoms with Crippen molar-refractivity contribution in [1.29, 1.82) is 0 Å². The van der Waals surface area contributed by atoms with Crippen molar-refractivity contribution in [3.63, 3.8) is 0 Å². The second kappa shape index (κ2) is 10.5. The number of nitrogens with zero attached hydrogens (tertiary/aromatic N) is 1. The zero-order valence-electron chi connectivity index (χ0n) is 21.2. The Hall–Kier alpha value is -5.30. The van der Waals surface area contributed by atoms with E-state index in [1.54, 1.807) is 42.5 Å². The normalized spacial score (nSPS) is 11.1. The summed E-state index contributed by atoms with van der Waals surface area (Å²) in [7, 11) is 0. The molecule has 40 heavy (non-hydrogen) atoms. The third-order valence-corrected chi connectivity index (χ3v) is 6.91. The molecular formula is C33H23FN2O4. The topological polar surface area (TPSA) is 92.4 Å². The van der Waals surface area contributed by atoms with Gasteiger partial charge in [-0.3, -0.25) is 4.79 Å². The molecule has 0 aliphatic heterocycles. The molecule has 0 fully saturated rings. The number of carboxylic acids is 1. The minimum Gasteiger partial charge on any atom is -0.478 e. The minimum absolute atomic E-state index is 0.164. The van der Waals surface area contributed by atoms with Gasteiger partial charge in [-0.25, -0.2) is 9.18 Å². The molecule has 1 aromatic heterocycles. The van der Waals surface area contributed by atoms with Gasteiger partial charge in [-0.2, -0.15) is 0 Å². The summed E-state index contributed by atoms with van der Waals surface area (Å²) in [6.45, 7) is 0.176. The van der Waals surface area contributed by atoms with E-state index in [9.17, 15) is 14.0 Å². The highest BCUT2D eigenvalue weighted by Gasteiger charge is 2.21. The Labute approximate surface area is 228 Å². The summed E-state index contributed by atoms with van der Waals surface area (Å²) in [6, 6.07) is 30.2. The molecule has 6 rings (SSSR count). The number of carboxylic acid groups (broad SMARTS) is 1. The van der Waals surface area contributed by atoms with Gasteiger partial charge in [0.25, 0.3) is 5.91 Å². The van der Waals surface area contributed by atoms with E-state index in [-0.39, 0.29) is 18.0 Å². The van der Waals surface area contributed by atoms with Gasteiger partial charge in [0, 0.05) is 18.5 Å². The number of carbonyl (C=O) groups excluding carboxylic acids is 1. The summed E-state index contributed by atoms with van der Waals surface area (Å²) in [5.41, 5.74) is 4.05. The lowest BCUT2D eigenvalue weighted by molar-refractivity contribution is 0.0696. The first kappa shape index (κ1) is 25.0. The van der Waals surface area contributed by atoms with E-state index in [0.717, 1.165) is 21.9 Å². The van der Waals surface area contributed by atoms with Gasteiger partial charge in [0.05, 0.1) is 22.2 Å². The maximum atomic E-state index is 14.7. The number of benzene rings is 5. The highest BCUT2D eigenvalue weighted by atomic mass is 19.1. The van der Waals surface area contributed by atoms with E-state index in [1.165, 1.54) is 18.2 Å². The SMILES string of the molecule is O=C(O)c1ccc(CNC(=O)c2cc(-c3ccccc3F)cc3onc(Cc4ccc5ccccc5c4)c23)cc1. The molecule has 0 spiro atoms. The van der Waals surface area contributed by atoms with Crippen LogP contribution in [0.2, 0.25) is 0 Å². The number of rotatable bonds is 7. The molecule has 0 saturated carbocycles. The lowest BCUT2D eigenvalue weighted by Gasteiger charge is -2.11. The molecule has 0 aliphatic carbocycles. The number of aromatic carboxylic acids is 1. The molecule has 0 aliphatic rings. The fourth-order valence-corrected chi connectivity index (χ4v) is 4.87. The zero-order valence-corrected chi connectivity index (χ0v) is 21.2. The lowest BCUT2D eigenvalue weighted by atomic mass is 9.96. The van der Waals surface area contributed by atoms with Crippen LogP contribution >= 0.6 is 0 Å². The molecule has 0 saturated heterocycles.